The van der Waals surface area contributed by atoms with E-state index in [1.54, 1.807) is 20.4 Å². The third-order valence-electron chi connectivity index (χ3n) is 4.03. The van der Waals surface area contributed by atoms with Crippen molar-refractivity contribution in [1.29, 1.82) is 0 Å². The summed E-state index contributed by atoms with van der Waals surface area (Å²) in [6.07, 6.45) is 3.64. The van der Waals surface area contributed by atoms with Crippen LogP contribution < -0.4 is 9.80 Å². The molecule has 0 atom stereocenters. The first-order chi connectivity index (χ1) is 11.8. The number of anilines is 2. The van der Waals surface area contributed by atoms with Crippen molar-refractivity contribution in [3.63, 3.8) is 0 Å². The van der Waals surface area contributed by atoms with E-state index in [-0.39, 0.29) is 0 Å². The van der Waals surface area contributed by atoms with E-state index in [9.17, 15) is 0 Å². The summed E-state index contributed by atoms with van der Waals surface area (Å²) in [5, 5.41) is 0. The number of nitrogens with zero attached hydrogens (tertiary/aromatic N) is 5. The molecule has 0 aromatic carbocycles. The second-order valence-corrected chi connectivity index (χ2v) is 5.68. The molecule has 0 radical (unpaired) electrons. The molecule has 3 heterocycles. The molecule has 1 aliphatic rings. The maximum absolute atomic E-state index is 5.16. The molecule has 7 nitrogen and oxygen atoms in total. The molecule has 0 spiro atoms. The molecular weight excluding hydrogens is 306 g/mol. The summed E-state index contributed by atoms with van der Waals surface area (Å²) in [5.41, 5.74) is 2.15. The summed E-state index contributed by atoms with van der Waals surface area (Å²) in [5.74, 6) is 1.68. The van der Waals surface area contributed by atoms with E-state index < -0.39 is 0 Å². The molecule has 0 N–H and O–H groups in total. The number of ether oxygens (including phenoxy) is 2. The summed E-state index contributed by atoms with van der Waals surface area (Å²) in [6.45, 7) is 4.71. The minimum Gasteiger partial charge on any atom is -0.378 e. The van der Waals surface area contributed by atoms with E-state index in [0.717, 1.165) is 43.5 Å². The Morgan fingerprint density at radius 3 is 2.38 bits per heavy atom. The number of pyridine rings is 1. The first-order valence-corrected chi connectivity index (χ1v) is 8.05. The average molecular weight is 329 g/mol. The lowest BCUT2D eigenvalue weighted by Crippen LogP contribution is -2.47. The van der Waals surface area contributed by atoms with Crippen LogP contribution in [-0.4, -0.2) is 55.4 Å². The smallest absolute Gasteiger partial charge is 0.156 e. The Morgan fingerprint density at radius 2 is 1.62 bits per heavy atom. The second-order valence-electron chi connectivity index (χ2n) is 5.68. The van der Waals surface area contributed by atoms with E-state index in [0.29, 0.717) is 13.2 Å². The molecule has 0 bridgehead atoms. The number of hydrogen-bond acceptors (Lipinski definition) is 7. The van der Waals surface area contributed by atoms with Crippen LogP contribution in [0.2, 0.25) is 0 Å². The summed E-state index contributed by atoms with van der Waals surface area (Å²) >= 11 is 0. The van der Waals surface area contributed by atoms with Crippen LogP contribution in [0, 0.1) is 0 Å². The van der Waals surface area contributed by atoms with Crippen molar-refractivity contribution in [2.45, 2.75) is 13.2 Å². The average Bonchev–Trinajstić information content (AvgIpc) is 2.63. The maximum atomic E-state index is 5.16. The summed E-state index contributed by atoms with van der Waals surface area (Å²) in [6, 6.07) is 6.11. The standard InChI is InChI=1S/C17H23N5O2/c1-23-12-14-11-15(3-5-18-14)21-7-9-22(10-8-21)17-4-6-19-16(20-17)13-24-2/h3-6,11H,7-10,12-13H2,1-2H3. The number of methoxy groups -OCH3 is 2. The van der Waals surface area contributed by atoms with Crippen molar-refractivity contribution in [3.05, 3.63) is 42.1 Å². The Bertz CT molecular complexity index is 601. The highest BCUT2D eigenvalue weighted by Gasteiger charge is 2.19. The van der Waals surface area contributed by atoms with Gasteiger partial charge in [-0.05, 0) is 18.2 Å². The molecule has 0 saturated carbocycles. The molecular formula is C17H23N5O2. The zero-order valence-corrected chi connectivity index (χ0v) is 14.2. The van der Waals surface area contributed by atoms with Crippen LogP contribution in [0.1, 0.15) is 11.5 Å². The van der Waals surface area contributed by atoms with E-state index in [2.05, 4.69) is 36.9 Å². The number of rotatable bonds is 6. The Hall–Kier alpha value is -2.25. The predicted molar refractivity (Wildman–Crippen MR) is 92.1 cm³/mol. The Labute approximate surface area is 142 Å². The monoisotopic (exact) mass is 329 g/mol. The van der Waals surface area contributed by atoms with Gasteiger partial charge < -0.3 is 19.3 Å². The van der Waals surface area contributed by atoms with Crippen LogP contribution in [0.3, 0.4) is 0 Å². The molecule has 1 aliphatic heterocycles. The third-order valence-corrected chi connectivity index (χ3v) is 4.03. The zero-order valence-electron chi connectivity index (χ0n) is 14.2. The Kier molecular flexibility index (Phi) is 5.55. The Morgan fingerprint density at radius 1 is 0.917 bits per heavy atom. The predicted octanol–water partition coefficient (Wildman–Crippen LogP) is 1.49. The van der Waals surface area contributed by atoms with Crippen LogP contribution in [-0.2, 0) is 22.7 Å². The van der Waals surface area contributed by atoms with E-state index in [4.69, 9.17) is 9.47 Å². The minimum absolute atomic E-state index is 0.438. The second kappa shape index (κ2) is 8.03. The van der Waals surface area contributed by atoms with Gasteiger partial charge in [-0.15, -0.1) is 0 Å². The highest BCUT2D eigenvalue weighted by atomic mass is 16.5. The molecule has 24 heavy (non-hydrogen) atoms. The highest BCUT2D eigenvalue weighted by Crippen LogP contribution is 2.19. The molecule has 1 saturated heterocycles. The fraction of sp³-hybridized carbons (Fsp3) is 0.471. The molecule has 0 unspecified atom stereocenters. The first kappa shape index (κ1) is 16.6. The van der Waals surface area contributed by atoms with Crippen molar-refractivity contribution in [2.24, 2.45) is 0 Å². The zero-order chi connectivity index (χ0) is 16.8. The topological polar surface area (TPSA) is 63.6 Å². The molecule has 0 aliphatic carbocycles. The number of piperazine rings is 1. The van der Waals surface area contributed by atoms with Crippen molar-refractivity contribution < 1.29 is 9.47 Å². The quantitative estimate of drug-likeness (QED) is 0.795. The maximum Gasteiger partial charge on any atom is 0.156 e. The van der Waals surface area contributed by atoms with E-state index in [1.165, 1.54) is 5.69 Å². The molecule has 2 aromatic heterocycles. The molecule has 1 fully saturated rings. The normalized spacial score (nSPS) is 14.9. The van der Waals surface area contributed by atoms with Crippen molar-refractivity contribution >= 4 is 11.5 Å². The largest absolute Gasteiger partial charge is 0.378 e. The van der Waals surface area contributed by atoms with Crippen LogP contribution >= 0.6 is 0 Å². The van der Waals surface area contributed by atoms with Gasteiger partial charge in [0.2, 0.25) is 0 Å². The van der Waals surface area contributed by atoms with Gasteiger partial charge in [-0.1, -0.05) is 0 Å². The van der Waals surface area contributed by atoms with Gasteiger partial charge in [0, 0.05) is 58.5 Å². The Balaban J connectivity index is 1.63. The van der Waals surface area contributed by atoms with Gasteiger partial charge >= 0.3 is 0 Å². The summed E-state index contributed by atoms with van der Waals surface area (Å²) in [7, 11) is 3.34. The molecule has 2 aromatic rings. The SMILES string of the molecule is COCc1cc(N2CCN(c3ccnc(COC)n3)CC2)ccn1. The molecule has 0 amide bonds. The van der Waals surface area contributed by atoms with Gasteiger partial charge in [0.05, 0.1) is 12.3 Å². The summed E-state index contributed by atoms with van der Waals surface area (Å²) in [4.78, 5) is 17.8. The highest BCUT2D eigenvalue weighted by molar-refractivity contribution is 5.49. The lowest BCUT2D eigenvalue weighted by molar-refractivity contribution is 0.178. The van der Waals surface area contributed by atoms with Gasteiger partial charge in [-0.2, -0.15) is 0 Å². The van der Waals surface area contributed by atoms with Crippen LogP contribution in [0.5, 0.6) is 0 Å². The van der Waals surface area contributed by atoms with Gasteiger partial charge in [-0.25, -0.2) is 9.97 Å². The van der Waals surface area contributed by atoms with E-state index >= 15 is 0 Å². The van der Waals surface area contributed by atoms with E-state index in [1.807, 2.05) is 12.3 Å². The fourth-order valence-electron chi connectivity index (χ4n) is 2.85. The number of hydrogen-bond donors (Lipinski definition) is 0. The van der Waals surface area contributed by atoms with Crippen molar-refractivity contribution in [2.75, 3.05) is 50.2 Å². The lowest BCUT2D eigenvalue weighted by atomic mass is 10.2. The van der Waals surface area contributed by atoms with Gasteiger partial charge in [0.15, 0.2) is 5.82 Å². The third kappa shape index (κ3) is 3.98. The molecule has 3 rings (SSSR count). The van der Waals surface area contributed by atoms with Crippen LogP contribution in [0.4, 0.5) is 11.5 Å². The number of aromatic nitrogens is 3. The van der Waals surface area contributed by atoms with Gasteiger partial charge in [0.25, 0.3) is 0 Å². The molecule has 128 valence electrons. The minimum atomic E-state index is 0.438. The summed E-state index contributed by atoms with van der Waals surface area (Å²) < 4.78 is 10.3. The van der Waals surface area contributed by atoms with Gasteiger partial charge in [0.1, 0.15) is 12.4 Å². The van der Waals surface area contributed by atoms with Crippen LogP contribution in [0.25, 0.3) is 0 Å². The van der Waals surface area contributed by atoms with Gasteiger partial charge in [-0.3, -0.25) is 4.98 Å². The van der Waals surface area contributed by atoms with Crippen molar-refractivity contribution in [1.82, 2.24) is 15.0 Å². The first-order valence-electron chi connectivity index (χ1n) is 8.05. The fourth-order valence-corrected chi connectivity index (χ4v) is 2.85. The van der Waals surface area contributed by atoms with Crippen molar-refractivity contribution in [3.8, 4) is 0 Å². The lowest BCUT2D eigenvalue weighted by Gasteiger charge is -2.36. The van der Waals surface area contributed by atoms with Crippen LogP contribution in [0.15, 0.2) is 30.6 Å². The molecule has 7 heteroatoms.